The second kappa shape index (κ2) is 16.5. The van der Waals surface area contributed by atoms with E-state index in [4.69, 9.17) is 23.7 Å². The van der Waals surface area contributed by atoms with Gasteiger partial charge in [0, 0.05) is 13.0 Å². The maximum absolute atomic E-state index is 12.2. The van der Waals surface area contributed by atoms with Crippen LogP contribution in [-0.4, -0.2) is 61.3 Å². The maximum atomic E-state index is 12.2. The Kier molecular flexibility index (Phi) is 14.2. The normalized spacial score (nSPS) is 12.7. The van der Waals surface area contributed by atoms with Crippen molar-refractivity contribution in [2.45, 2.75) is 73.5 Å². The van der Waals surface area contributed by atoms with E-state index >= 15 is 0 Å². The molecule has 0 radical (unpaired) electrons. The van der Waals surface area contributed by atoms with Crippen LogP contribution in [0.1, 0.15) is 60.5 Å². The molecule has 0 bridgehead atoms. The van der Waals surface area contributed by atoms with Gasteiger partial charge < -0.3 is 34.1 Å². The van der Waals surface area contributed by atoms with E-state index in [0.29, 0.717) is 5.56 Å². The number of ether oxygens (including phenoxy) is 5. The lowest BCUT2D eigenvalue weighted by Crippen LogP contribution is -2.42. The molecule has 0 spiro atoms. The third-order valence-electron chi connectivity index (χ3n) is 4.76. The number of carbonyl (C=O) groups is 4. The number of benzene rings is 1. The van der Waals surface area contributed by atoms with Crippen molar-refractivity contribution >= 4 is 24.2 Å². The van der Waals surface area contributed by atoms with E-state index < -0.39 is 30.4 Å². The van der Waals surface area contributed by atoms with Crippen molar-refractivity contribution in [3.63, 3.8) is 0 Å². The van der Waals surface area contributed by atoms with Gasteiger partial charge in [-0.25, -0.2) is 9.59 Å². The van der Waals surface area contributed by atoms with Gasteiger partial charge in [0.05, 0.1) is 13.2 Å². The Morgan fingerprint density at radius 3 is 1.87 bits per heavy atom. The Morgan fingerprint density at radius 1 is 0.816 bits per heavy atom. The SMILES string of the molecule is CC(C)COC(=O)Oc1ccc(C[C@H](NCC(C)OC(=O)CC(C)C)C(=O)O)cc1OC(=O)OCC(C)C. The van der Waals surface area contributed by atoms with Gasteiger partial charge in [0.25, 0.3) is 0 Å². The topological polar surface area (TPSA) is 147 Å². The first-order valence-electron chi connectivity index (χ1n) is 12.7. The highest BCUT2D eigenvalue weighted by molar-refractivity contribution is 5.74. The summed E-state index contributed by atoms with van der Waals surface area (Å²) in [7, 11) is 0. The first-order valence-corrected chi connectivity index (χ1v) is 12.7. The van der Waals surface area contributed by atoms with Crippen LogP contribution in [0.25, 0.3) is 0 Å². The largest absolute Gasteiger partial charge is 0.513 e. The summed E-state index contributed by atoms with van der Waals surface area (Å²) in [5, 5.41) is 12.6. The molecule has 0 aromatic heterocycles. The van der Waals surface area contributed by atoms with E-state index in [-0.39, 0.29) is 67.8 Å². The number of carboxylic acid groups (broad SMARTS) is 1. The van der Waals surface area contributed by atoms with Gasteiger partial charge in [-0.15, -0.1) is 0 Å². The van der Waals surface area contributed by atoms with Gasteiger partial charge in [0.2, 0.25) is 0 Å². The minimum absolute atomic E-state index is 0.00251. The van der Waals surface area contributed by atoms with Crippen LogP contribution in [0.5, 0.6) is 11.5 Å². The van der Waals surface area contributed by atoms with Crippen LogP contribution in [0.4, 0.5) is 9.59 Å². The van der Waals surface area contributed by atoms with Gasteiger partial charge in [0.15, 0.2) is 11.5 Å². The fourth-order valence-corrected chi connectivity index (χ4v) is 2.99. The third kappa shape index (κ3) is 13.8. The average molecular weight is 540 g/mol. The molecule has 38 heavy (non-hydrogen) atoms. The van der Waals surface area contributed by atoms with Gasteiger partial charge >= 0.3 is 24.2 Å². The van der Waals surface area contributed by atoms with Gasteiger partial charge in [-0.05, 0) is 48.8 Å². The van der Waals surface area contributed by atoms with E-state index in [1.54, 1.807) is 13.0 Å². The quantitative estimate of drug-likeness (QED) is 0.183. The monoisotopic (exact) mass is 539 g/mol. The molecule has 2 N–H and O–H groups in total. The molecule has 11 nitrogen and oxygen atoms in total. The van der Waals surface area contributed by atoms with Crippen LogP contribution in [0.15, 0.2) is 18.2 Å². The van der Waals surface area contributed by atoms with Crippen LogP contribution < -0.4 is 14.8 Å². The molecule has 0 heterocycles. The molecule has 214 valence electrons. The van der Waals surface area contributed by atoms with Crippen LogP contribution >= 0.6 is 0 Å². The van der Waals surface area contributed by atoms with Crippen LogP contribution in [-0.2, 0) is 30.2 Å². The van der Waals surface area contributed by atoms with E-state index in [1.165, 1.54) is 12.1 Å². The Morgan fingerprint density at radius 2 is 1.37 bits per heavy atom. The minimum Gasteiger partial charge on any atom is -0.480 e. The van der Waals surface area contributed by atoms with Crippen molar-refractivity contribution in [2.24, 2.45) is 17.8 Å². The Bertz CT molecular complexity index is 928. The maximum Gasteiger partial charge on any atom is 0.513 e. The summed E-state index contributed by atoms with van der Waals surface area (Å²) in [6.07, 6.45) is -2.24. The number of nitrogens with one attached hydrogen (secondary N) is 1. The predicted molar refractivity (Wildman–Crippen MR) is 138 cm³/mol. The predicted octanol–water partition coefficient (Wildman–Crippen LogP) is 4.59. The lowest BCUT2D eigenvalue weighted by atomic mass is 10.0. The summed E-state index contributed by atoms with van der Waals surface area (Å²) >= 11 is 0. The van der Waals surface area contributed by atoms with Crippen molar-refractivity contribution in [1.29, 1.82) is 0 Å². The second-order valence-electron chi connectivity index (χ2n) is 10.3. The first-order chi connectivity index (χ1) is 17.8. The molecule has 11 heteroatoms. The molecule has 1 aromatic carbocycles. The first kappa shape index (κ1) is 32.7. The molecule has 0 aliphatic carbocycles. The number of esters is 1. The zero-order valence-electron chi connectivity index (χ0n) is 23.3. The van der Waals surface area contributed by atoms with Crippen LogP contribution in [0, 0.1) is 17.8 Å². The molecular weight excluding hydrogens is 498 g/mol. The zero-order valence-corrected chi connectivity index (χ0v) is 23.3. The number of hydrogen-bond donors (Lipinski definition) is 2. The molecule has 0 fully saturated rings. The summed E-state index contributed by atoms with van der Waals surface area (Å²) in [6.45, 7) is 13.3. The number of hydrogen-bond acceptors (Lipinski definition) is 10. The lowest BCUT2D eigenvalue weighted by Gasteiger charge is -2.19. The summed E-state index contributed by atoms with van der Waals surface area (Å²) < 4.78 is 25.8. The number of carbonyl (C=O) groups excluding carboxylic acids is 3. The molecule has 1 rings (SSSR count). The smallest absolute Gasteiger partial charge is 0.480 e. The molecule has 1 unspecified atom stereocenters. The van der Waals surface area contributed by atoms with Gasteiger partial charge in [-0.1, -0.05) is 47.6 Å². The van der Waals surface area contributed by atoms with Crippen molar-refractivity contribution in [1.82, 2.24) is 5.32 Å². The molecule has 2 atom stereocenters. The Labute approximate surface area is 224 Å². The number of aliphatic carboxylic acids is 1. The van der Waals surface area contributed by atoms with Crippen molar-refractivity contribution in [3.05, 3.63) is 23.8 Å². The van der Waals surface area contributed by atoms with Gasteiger partial charge in [-0.2, -0.15) is 0 Å². The highest BCUT2D eigenvalue weighted by atomic mass is 16.7. The molecule has 1 aromatic rings. The zero-order chi connectivity index (χ0) is 28.8. The lowest BCUT2D eigenvalue weighted by molar-refractivity contribution is -0.149. The summed E-state index contributed by atoms with van der Waals surface area (Å²) in [6, 6.07) is 3.28. The Balaban J connectivity index is 2.98. The minimum atomic E-state index is -1.12. The summed E-state index contributed by atoms with van der Waals surface area (Å²) in [4.78, 5) is 48.0. The van der Waals surface area contributed by atoms with Gasteiger partial charge in [0.1, 0.15) is 12.1 Å². The number of carboxylic acids is 1. The molecule has 0 amide bonds. The molecule has 0 aliphatic heterocycles. The number of rotatable bonds is 15. The summed E-state index contributed by atoms with van der Waals surface area (Å²) in [5.41, 5.74) is 0.476. The molecular formula is C27H41NO10. The fraction of sp³-hybridized carbons (Fsp3) is 0.630. The third-order valence-corrected chi connectivity index (χ3v) is 4.76. The second-order valence-corrected chi connectivity index (χ2v) is 10.3. The van der Waals surface area contributed by atoms with Crippen molar-refractivity contribution in [2.75, 3.05) is 19.8 Å². The standard InChI is InChI=1S/C27H41NO10/c1-16(2)10-24(29)36-19(7)13-28-21(25(30)31)11-20-8-9-22(37-26(32)34-14-17(3)4)23(12-20)38-27(33)35-15-18(5)6/h8-9,12,16-19,21,28H,10-11,13-15H2,1-7H3,(H,30,31)/t19?,21-/m0/s1. The van der Waals surface area contributed by atoms with E-state index in [2.05, 4.69) is 5.32 Å². The average Bonchev–Trinajstić information content (AvgIpc) is 2.79. The molecule has 0 saturated carbocycles. The van der Waals surface area contributed by atoms with E-state index in [9.17, 15) is 24.3 Å². The van der Waals surface area contributed by atoms with Crippen molar-refractivity contribution < 1.29 is 48.0 Å². The van der Waals surface area contributed by atoms with Crippen molar-refractivity contribution in [3.8, 4) is 11.5 Å². The molecule has 0 aliphatic rings. The fourth-order valence-electron chi connectivity index (χ4n) is 2.99. The highest BCUT2D eigenvalue weighted by Crippen LogP contribution is 2.30. The van der Waals surface area contributed by atoms with Gasteiger partial charge in [-0.3, -0.25) is 9.59 Å². The Hall–Kier alpha value is -3.34. The van der Waals surface area contributed by atoms with Crippen LogP contribution in [0.2, 0.25) is 0 Å². The highest BCUT2D eigenvalue weighted by Gasteiger charge is 2.22. The molecule has 0 saturated heterocycles. The van der Waals surface area contributed by atoms with E-state index in [0.717, 1.165) is 0 Å². The van der Waals surface area contributed by atoms with Crippen LogP contribution in [0.3, 0.4) is 0 Å². The summed E-state index contributed by atoms with van der Waals surface area (Å²) in [5.74, 6) is -1.37. The van der Waals surface area contributed by atoms with E-state index in [1.807, 2.05) is 41.5 Å².